The summed E-state index contributed by atoms with van der Waals surface area (Å²) in [6.45, 7) is 0. The summed E-state index contributed by atoms with van der Waals surface area (Å²) in [4.78, 5) is 12.7. The molecule has 110 valence electrons. The lowest BCUT2D eigenvalue weighted by molar-refractivity contribution is -0.116. The number of hydrogen-bond donors (Lipinski definition) is 0. The van der Waals surface area contributed by atoms with Gasteiger partial charge in [0.05, 0.1) is 17.3 Å². The predicted molar refractivity (Wildman–Crippen MR) is 86.5 cm³/mol. The van der Waals surface area contributed by atoms with Crippen molar-refractivity contribution in [1.29, 1.82) is 0 Å². The van der Waals surface area contributed by atoms with Crippen molar-refractivity contribution in [2.45, 2.75) is 11.3 Å². The zero-order chi connectivity index (χ0) is 15.2. The second-order valence-corrected chi connectivity index (χ2v) is 6.33. The van der Waals surface area contributed by atoms with Gasteiger partial charge in [0.2, 0.25) is 0 Å². The Morgan fingerprint density at radius 3 is 2.76 bits per heavy atom. The zero-order valence-electron chi connectivity index (χ0n) is 11.4. The summed E-state index contributed by atoms with van der Waals surface area (Å²) in [6, 6.07) is 11.8. The third-order valence-electron chi connectivity index (χ3n) is 2.81. The van der Waals surface area contributed by atoms with Crippen molar-refractivity contribution in [3.05, 3.63) is 58.3 Å². The van der Waals surface area contributed by atoms with E-state index in [2.05, 4.69) is 15.9 Å². The van der Waals surface area contributed by atoms with E-state index in [4.69, 9.17) is 4.74 Å². The Labute approximate surface area is 135 Å². The highest BCUT2D eigenvalue weighted by atomic mass is 79.9. The Hall–Kier alpha value is -1.33. The van der Waals surface area contributed by atoms with Crippen molar-refractivity contribution in [2.75, 3.05) is 12.9 Å². The molecule has 2 rings (SSSR count). The fourth-order valence-corrected chi connectivity index (χ4v) is 3.21. The van der Waals surface area contributed by atoms with Gasteiger partial charge in [0.1, 0.15) is 17.3 Å². The molecule has 0 saturated heterocycles. The van der Waals surface area contributed by atoms with Crippen molar-refractivity contribution in [2.24, 2.45) is 0 Å². The Balaban J connectivity index is 1.91. The lowest BCUT2D eigenvalue weighted by atomic mass is 10.1. The SMILES string of the molecule is COc1ccc(CC(=O)CSc2cccc(F)c2)cc1Br. The lowest BCUT2D eigenvalue weighted by Gasteiger charge is -2.06. The maximum atomic E-state index is 13.0. The number of carbonyl (C=O) groups excluding carboxylic acids is 1. The van der Waals surface area contributed by atoms with Crippen LogP contribution in [0.2, 0.25) is 0 Å². The minimum Gasteiger partial charge on any atom is -0.496 e. The molecule has 21 heavy (non-hydrogen) atoms. The molecule has 0 aliphatic carbocycles. The molecule has 0 aromatic heterocycles. The topological polar surface area (TPSA) is 26.3 Å². The minimum absolute atomic E-state index is 0.0985. The van der Waals surface area contributed by atoms with Gasteiger partial charge in [-0.2, -0.15) is 0 Å². The van der Waals surface area contributed by atoms with Crippen LogP contribution >= 0.6 is 27.7 Å². The average molecular weight is 369 g/mol. The minimum atomic E-state index is -0.286. The summed E-state index contributed by atoms with van der Waals surface area (Å²) in [6.07, 6.45) is 0.352. The van der Waals surface area contributed by atoms with Crippen LogP contribution in [0, 0.1) is 5.82 Å². The van der Waals surface area contributed by atoms with E-state index in [9.17, 15) is 9.18 Å². The van der Waals surface area contributed by atoms with Crippen molar-refractivity contribution in [3.8, 4) is 5.75 Å². The molecule has 0 spiro atoms. The van der Waals surface area contributed by atoms with Gasteiger partial charge >= 0.3 is 0 Å². The number of thioether (sulfide) groups is 1. The number of rotatable bonds is 6. The van der Waals surface area contributed by atoms with Gasteiger partial charge in [0, 0.05) is 11.3 Å². The smallest absolute Gasteiger partial charge is 0.147 e. The van der Waals surface area contributed by atoms with Gasteiger partial charge in [-0.1, -0.05) is 12.1 Å². The first-order chi connectivity index (χ1) is 10.1. The van der Waals surface area contributed by atoms with Gasteiger partial charge in [0.15, 0.2) is 0 Å². The number of halogens is 2. The van der Waals surface area contributed by atoms with Crippen LogP contribution in [0.5, 0.6) is 5.75 Å². The van der Waals surface area contributed by atoms with Crippen LogP contribution < -0.4 is 4.74 Å². The monoisotopic (exact) mass is 368 g/mol. The highest BCUT2D eigenvalue weighted by molar-refractivity contribution is 9.10. The van der Waals surface area contributed by atoms with Gasteiger partial charge in [-0.25, -0.2) is 4.39 Å². The summed E-state index contributed by atoms with van der Waals surface area (Å²) in [7, 11) is 1.60. The molecule has 0 aliphatic rings. The molecule has 0 fully saturated rings. The molecule has 2 nitrogen and oxygen atoms in total. The molecular weight excluding hydrogens is 355 g/mol. The van der Waals surface area contributed by atoms with Gasteiger partial charge in [-0.15, -0.1) is 11.8 Å². The van der Waals surface area contributed by atoms with Crippen LogP contribution in [0.1, 0.15) is 5.56 Å². The van der Waals surface area contributed by atoms with Crippen molar-refractivity contribution >= 4 is 33.5 Å². The largest absolute Gasteiger partial charge is 0.496 e. The fraction of sp³-hybridized carbons (Fsp3) is 0.188. The van der Waals surface area contributed by atoms with E-state index in [1.54, 1.807) is 19.2 Å². The molecule has 0 atom stereocenters. The van der Waals surface area contributed by atoms with Crippen LogP contribution in [0.25, 0.3) is 0 Å². The molecule has 0 unspecified atom stereocenters. The second kappa shape index (κ2) is 7.61. The van der Waals surface area contributed by atoms with E-state index < -0.39 is 0 Å². The van der Waals surface area contributed by atoms with Crippen LogP contribution in [-0.4, -0.2) is 18.6 Å². The molecule has 5 heteroatoms. The third-order valence-corrected chi connectivity index (χ3v) is 4.49. The predicted octanol–water partition coefficient (Wildman–Crippen LogP) is 4.50. The highest BCUT2D eigenvalue weighted by Gasteiger charge is 2.08. The molecule has 0 radical (unpaired) electrons. The Kier molecular flexibility index (Phi) is 5.82. The van der Waals surface area contributed by atoms with Crippen LogP contribution in [0.15, 0.2) is 51.8 Å². The van der Waals surface area contributed by atoms with Gasteiger partial charge < -0.3 is 4.74 Å². The summed E-state index contributed by atoms with van der Waals surface area (Å²) in [5.74, 6) is 0.876. The number of hydrogen-bond acceptors (Lipinski definition) is 3. The van der Waals surface area contributed by atoms with E-state index in [0.29, 0.717) is 12.2 Å². The number of Topliss-reactive ketones (excluding diaryl/α,β-unsaturated/α-hetero) is 1. The molecule has 2 aromatic carbocycles. The Morgan fingerprint density at radius 2 is 2.10 bits per heavy atom. The molecule has 0 bridgehead atoms. The van der Waals surface area contributed by atoms with Crippen molar-refractivity contribution in [3.63, 3.8) is 0 Å². The molecule has 0 heterocycles. The van der Waals surface area contributed by atoms with Crippen LogP contribution in [0.3, 0.4) is 0 Å². The molecule has 0 amide bonds. The van der Waals surface area contributed by atoms with Crippen LogP contribution in [0.4, 0.5) is 4.39 Å². The summed E-state index contributed by atoms with van der Waals surface area (Å²) in [5.41, 5.74) is 0.924. The standard InChI is InChI=1S/C16H14BrFO2S/c1-20-16-6-5-11(8-15(16)17)7-13(19)10-21-14-4-2-3-12(18)9-14/h2-6,8-9H,7,10H2,1H3. The van der Waals surface area contributed by atoms with Crippen molar-refractivity contribution in [1.82, 2.24) is 0 Å². The van der Waals surface area contributed by atoms with Gasteiger partial charge in [0.25, 0.3) is 0 Å². The first-order valence-electron chi connectivity index (χ1n) is 6.31. The lowest BCUT2D eigenvalue weighted by Crippen LogP contribution is -2.05. The van der Waals surface area contributed by atoms with E-state index >= 15 is 0 Å². The van der Waals surface area contributed by atoms with Gasteiger partial charge in [-0.3, -0.25) is 4.79 Å². The highest BCUT2D eigenvalue weighted by Crippen LogP contribution is 2.26. The van der Waals surface area contributed by atoms with E-state index in [0.717, 1.165) is 20.7 Å². The summed E-state index contributed by atoms with van der Waals surface area (Å²) < 4.78 is 19.0. The number of benzene rings is 2. The molecule has 2 aromatic rings. The first-order valence-corrected chi connectivity index (χ1v) is 8.09. The zero-order valence-corrected chi connectivity index (χ0v) is 13.8. The number of ketones is 1. The Morgan fingerprint density at radius 1 is 1.29 bits per heavy atom. The number of carbonyl (C=O) groups is 1. The van der Waals surface area contributed by atoms with Gasteiger partial charge in [-0.05, 0) is 51.8 Å². The van der Waals surface area contributed by atoms with Crippen molar-refractivity contribution < 1.29 is 13.9 Å². The fourth-order valence-electron chi connectivity index (χ4n) is 1.82. The Bertz CT molecular complexity index is 646. The van der Waals surface area contributed by atoms with Crippen LogP contribution in [-0.2, 0) is 11.2 Å². The maximum Gasteiger partial charge on any atom is 0.147 e. The quantitative estimate of drug-likeness (QED) is 0.702. The third kappa shape index (κ3) is 4.86. The summed E-state index contributed by atoms with van der Waals surface area (Å²) >= 11 is 4.75. The molecule has 0 N–H and O–H groups in total. The number of methoxy groups -OCH3 is 1. The normalized spacial score (nSPS) is 10.4. The molecular formula is C16H14BrFO2S. The molecule has 0 saturated carbocycles. The summed E-state index contributed by atoms with van der Waals surface area (Å²) in [5, 5.41) is 0. The average Bonchev–Trinajstić information content (AvgIpc) is 2.45. The second-order valence-electron chi connectivity index (χ2n) is 4.43. The van der Waals surface area contributed by atoms with E-state index in [1.165, 1.54) is 23.9 Å². The maximum absolute atomic E-state index is 13.0. The first kappa shape index (κ1) is 16.0. The van der Waals surface area contributed by atoms with E-state index in [1.807, 2.05) is 18.2 Å². The molecule has 0 aliphatic heterocycles. The van der Waals surface area contributed by atoms with E-state index in [-0.39, 0.29) is 11.6 Å². The number of ether oxygens (including phenoxy) is 1.